The van der Waals surface area contributed by atoms with Crippen molar-refractivity contribution in [3.63, 3.8) is 0 Å². The molecule has 0 saturated carbocycles. The summed E-state index contributed by atoms with van der Waals surface area (Å²) >= 11 is 0. The van der Waals surface area contributed by atoms with Crippen molar-refractivity contribution >= 4 is 28.3 Å². The molecule has 0 bridgehead atoms. The number of benzene rings is 1. The molecule has 23 heavy (non-hydrogen) atoms. The minimum Gasteiger partial charge on any atom is -0.366 e. The van der Waals surface area contributed by atoms with E-state index in [0.717, 1.165) is 12.8 Å². The summed E-state index contributed by atoms with van der Waals surface area (Å²) in [6.45, 7) is 4.52. The zero-order valence-corrected chi connectivity index (χ0v) is 15.0. The Morgan fingerprint density at radius 3 is 2.61 bits per heavy atom. The molecule has 6 nitrogen and oxygen atoms in total. The zero-order chi connectivity index (χ0) is 16.5. The molecule has 4 N–H and O–H groups in total. The largest absolute Gasteiger partial charge is 0.366 e. The van der Waals surface area contributed by atoms with Crippen LogP contribution in [0.25, 0.3) is 0 Å². The number of carbonyl (C=O) groups is 1. The minimum atomic E-state index is -3.63. The molecule has 0 radical (unpaired) electrons. The minimum absolute atomic E-state index is 0. The second kappa shape index (κ2) is 7.61. The average molecular weight is 362 g/mol. The Morgan fingerprint density at radius 2 is 2.04 bits per heavy atom. The Kier molecular flexibility index (Phi) is 6.59. The second-order valence-corrected chi connectivity index (χ2v) is 7.90. The number of hydrogen-bond donors (Lipinski definition) is 2. The third-order valence-electron chi connectivity index (χ3n) is 4.28. The summed E-state index contributed by atoms with van der Waals surface area (Å²) in [5, 5.41) is 0. The van der Waals surface area contributed by atoms with Crippen LogP contribution in [-0.4, -0.2) is 37.8 Å². The summed E-state index contributed by atoms with van der Waals surface area (Å²) in [6.07, 6.45) is 1.73. The van der Waals surface area contributed by atoms with Crippen molar-refractivity contribution in [2.24, 2.45) is 17.4 Å². The standard InChI is InChI=1S/C15H23N3O3S.ClH/c1-10-5-6-13(8-14(10)15(17)19)22(20,21)18-7-3-4-12(9-18)11(2)16;/h5-6,8,11-12H,3-4,7,9,16H2,1-2H3,(H2,17,19);1H. The van der Waals surface area contributed by atoms with Crippen molar-refractivity contribution in [1.82, 2.24) is 4.31 Å². The molecule has 0 aromatic heterocycles. The lowest BCUT2D eigenvalue weighted by atomic mass is 9.93. The van der Waals surface area contributed by atoms with Gasteiger partial charge < -0.3 is 11.5 Å². The highest BCUT2D eigenvalue weighted by molar-refractivity contribution is 7.89. The van der Waals surface area contributed by atoms with Crippen molar-refractivity contribution in [3.05, 3.63) is 29.3 Å². The molecule has 1 saturated heterocycles. The molecule has 1 aromatic rings. The first kappa shape index (κ1) is 19.9. The molecular weight excluding hydrogens is 338 g/mol. The van der Waals surface area contributed by atoms with Crippen LogP contribution in [0.3, 0.4) is 0 Å². The Labute approximate surface area is 143 Å². The van der Waals surface area contributed by atoms with E-state index in [1.165, 1.54) is 16.4 Å². The number of sulfonamides is 1. The summed E-state index contributed by atoms with van der Waals surface area (Å²) in [5.74, 6) is -0.466. The molecule has 1 amide bonds. The van der Waals surface area contributed by atoms with Crippen molar-refractivity contribution in [3.8, 4) is 0 Å². The van der Waals surface area contributed by atoms with Crippen LogP contribution in [0.1, 0.15) is 35.7 Å². The molecule has 0 spiro atoms. The molecule has 8 heteroatoms. The van der Waals surface area contributed by atoms with Crippen LogP contribution in [0.4, 0.5) is 0 Å². The maximum atomic E-state index is 12.8. The second-order valence-electron chi connectivity index (χ2n) is 5.97. The van der Waals surface area contributed by atoms with Crippen LogP contribution in [0, 0.1) is 12.8 Å². The van der Waals surface area contributed by atoms with Crippen molar-refractivity contribution in [1.29, 1.82) is 0 Å². The van der Waals surface area contributed by atoms with Gasteiger partial charge in [-0.3, -0.25) is 4.79 Å². The van der Waals surface area contributed by atoms with Gasteiger partial charge in [-0.2, -0.15) is 4.31 Å². The lowest BCUT2D eigenvalue weighted by Crippen LogP contribution is -2.45. The Balaban J connectivity index is 0.00000264. The number of rotatable bonds is 4. The van der Waals surface area contributed by atoms with E-state index in [2.05, 4.69) is 0 Å². The van der Waals surface area contributed by atoms with Gasteiger partial charge in [0.1, 0.15) is 0 Å². The summed E-state index contributed by atoms with van der Waals surface area (Å²) in [6, 6.07) is 4.45. The van der Waals surface area contributed by atoms with Gasteiger partial charge in [0.25, 0.3) is 0 Å². The summed E-state index contributed by atoms with van der Waals surface area (Å²) < 4.78 is 27.0. The van der Waals surface area contributed by atoms with Crippen LogP contribution in [-0.2, 0) is 10.0 Å². The molecule has 0 aliphatic carbocycles. The highest BCUT2D eigenvalue weighted by Crippen LogP contribution is 2.26. The van der Waals surface area contributed by atoms with Crippen LogP contribution in [0.5, 0.6) is 0 Å². The monoisotopic (exact) mass is 361 g/mol. The van der Waals surface area contributed by atoms with Gasteiger partial charge in [0, 0.05) is 24.7 Å². The fourth-order valence-corrected chi connectivity index (χ4v) is 4.36. The number of amides is 1. The van der Waals surface area contributed by atoms with Gasteiger partial charge in [0.2, 0.25) is 15.9 Å². The SMILES string of the molecule is Cc1ccc(S(=O)(=O)N2CCCC(C(C)N)C2)cc1C(N)=O.Cl. The Bertz CT molecular complexity index is 677. The molecule has 2 rings (SSSR count). The molecule has 2 unspecified atom stereocenters. The fraction of sp³-hybridized carbons (Fsp3) is 0.533. The number of halogens is 1. The predicted molar refractivity (Wildman–Crippen MR) is 92.1 cm³/mol. The summed E-state index contributed by atoms with van der Waals surface area (Å²) in [4.78, 5) is 11.5. The highest BCUT2D eigenvalue weighted by atomic mass is 35.5. The van der Waals surface area contributed by atoms with Gasteiger partial charge in [-0.05, 0) is 50.3 Å². The third-order valence-corrected chi connectivity index (χ3v) is 6.14. The maximum Gasteiger partial charge on any atom is 0.249 e. The lowest BCUT2D eigenvalue weighted by molar-refractivity contribution is 0.0999. The van der Waals surface area contributed by atoms with E-state index in [4.69, 9.17) is 11.5 Å². The van der Waals surface area contributed by atoms with E-state index in [0.29, 0.717) is 18.7 Å². The van der Waals surface area contributed by atoms with Gasteiger partial charge in [-0.25, -0.2) is 8.42 Å². The normalized spacial score (nSPS) is 20.6. The Hall–Kier alpha value is -1.15. The third kappa shape index (κ3) is 4.23. The van der Waals surface area contributed by atoms with Crippen molar-refractivity contribution in [2.75, 3.05) is 13.1 Å². The smallest absolute Gasteiger partial charge is 0.249 e. The number of carbonyl (C=O) groups excluding carboxylic acids is 1. The van der Waals surface area contributed by atoms with Gasteiger partial charge in [-0.15, -0.1) is 12.4 Å². The van der Waals surface area contributed by atoms with Crippen LogP contribution < -0.4 is 11.5 Å². The number of nitrogens with zero attached hydrogens (tertiary/aromatic N) is 1. The van der Waals surface area contributed by atoms with Crippen LogP contribution in [0.15, 0.2) is 23.1 Å². The molecule has 130 valence electrons. The summed E-state index contributed by atoms with van der Waals surface area (Å²) in [5.41, 5.74) is 12.1. The molecular formula is C15H24ClN3O3S. The van der Waals surface area contributed by atoms with Crippen molar-refractivity contribution in [2.45, 2.75) is 37.6 Å². The number of nitrogens with two attached hydrogens (primary N) is 2. The first-order chi connectivity index (χ1) is 10.2. The quantitative estimate of drug-likeness (QED) is 0.841. The predicted octanol–water partition coefficient (Wildman–Crippen LogP) is 1.26. The van der Waals surface area contributed by atoms with E-state index in [1.807, 2.05) is 6.92 Å². The molecule has 2 atom stereocenters. The molecule has 1 aromatic carbocycles. The number of primary amides is 1. The molecule has 1 fully saturated rings. The van der Waals surface area contributed by atoms with E-state index >= 15 is 0 Å². The topological polar surface area (TPSA) is 106 Å². The zero-order valence-electron chi connectivity index (χ0n) is 13.4. The first-order valence-electron chi connectivity index (χ1n) is 7.39. The van der Waals surface area contributed by atoms with E-state index in [9.17, 15) is 13.2 Å². The van der Waals surface area contributed by atoms with E-state index < -0.39 is 15.9 Å². The first-order valence-corrected chi connectivity index (χ1v) is 8.83. The summed E-state index contributed by atoms with van der Waals surface area (Å²) in [7, 11) is -3.63. The Morgan fingerprint density at radius 1 is 1.39 bits per heavy atom. The van der Waals surface area contributed by atoms with Gasteiger partial charge >= 0.3 is 0 Å². The lowest BCUT2D eigenvalue weighted by Gasteiger charge is -2.33. The van der Waals surface area contributed by atoms with E-state index in [-0.39, 0.29) is 34.8 Å². The van der Waals surface area contributed by atoms with Crippen LogP contribution in [0.2, 0.25) is 0 Å². The van der Waals surface area contributed by atoms with Crippen LogP contribution >= 0.6 is 12.4 Å². The van der Waals surface area contributed by atoms with Gasteiger partial charge in [0.15, 0.2) is 0 Å². The number of aryl methyl sites for hydroxylation is 1. The average Bonchev–Trinajstić information content (AvgIpc) is 2.47. The maximum absolute atomic E-state index is 12.8. The molecule has 1 aliphatic rings. The molecule has 1 aliphatic heterocycles. The van der Waals surface area contributed by atoms with Gasteiger partial charge in [0.05, 0.1) is 4.90 Å². The highest BCUT2D eigenvalue weighted by Gasteiger charge is 2.32. The number of hydrogen-bond acceptors (Lipinski definition) is 4. The fourth-order valence-electron chi connectivity index (χ4n) is 2.80. The van der Waals surface area contributed by atoms with Crippen molar-refractivity contribution < 1.29 is 13.2 Å². The van der Waals surface area contributed by atoms with Gasteiger partial charge in [-0.1, -0.05) is 6.07 Å². The molecule has 1 heterocycles. The van der Waals surface area contributed by atoms with E-state index in [1.54, 1.807) is 13.0 Å². The number of piperidine rings is 1.